The number of likely N-dealkylation sites (N-methyl/N-ethyl adjacent to an activating group) is 1. The van der Waals surface area contributed by atoms with E-state index in [1.54, 1.807) is 36.1 Å². The van der Waals surface area contributed by atoms with Crippen LogP contribution in [0.2, 0.25) is 0 Å². The number of hydrogen-bond donors (Lipinski definition) is 3. The van der Waals surface area contributed by atoms with Crippen molar-refractivity contribution in [3.05, 3.63) is 71.3 Å². The Balaban J connectivity index is 1.47. The summed E-state index contributed by atoms with van der Waals surface area (Å²) in [5.41, 5.74) is 0.871. The SMILES string of the molecule is CCN(CCOCCOC(=O)NCCCOCCCNC(=O)c1ccc(C(C)(O)c2ccccc2)cc1)C(C)=O. The largest absolute Gasteiger partial charge is 0.447 e. The first-order chi connectivity index (χ1) is 19.3. The first kappa shape index (κ1) is 32.7. The average Bonchev–Trinajstić information content (AvgIpc) is 2.96. The molecule has 10 nitrogen and oxygen atoms in total. The van der Waals surface area contributed by atoms with E-state index in [1.807, 2.05) is 37.3 Å². The van der Waals surface area contributed by atoms with E-state index in [0.717, 1.165) is 5.56 Å². The number of nitrogens with zero attached hydrogens (tertiary/aromatic N) is 1. The molecule has 2 rings (SSSR count). The Morgan fingerprint density at radius 3 is 2.05 bits per heavy atom. The van der Waals surface area contributed by atoms with Gasteiger partial charge in [-0.25, -0.2) is 4.79 Å². The highest BCUT2D eigenvalue weighted by Gasteiger charge is 2.25. The zero-order valence-corrected chi connectivity index (χ0v) is 23.8. The third-order valence-corrected chi connectivity index (χ3v) is 6.32. The molecule has 220 valence electrons. The zero-order valence-electron chi connectivity index (χ0n) is 23.8. The normalized spacial score (nSPS) is 12.3. The molecule has 0 bridgehead atoms. The van der Waals surface area contributed by atoms with Crippen molar-refractivity contribution in [3.63, 3.8) is 0 Å². The van der Waals surface area contributed by atoms with Gasteiger partial charge >= 0.3 is 6.09 Å². The van der Waals surface area contributed by atoms with Crippen molar-refractivity contribution in [2.75, 3.05) is 59.2 Å². The highest BCUT2D eigenvalue weighted by Crippen LogP contribution is 2.28. The van der Waals surface area contributed by atoms with Gasteiger partial charge in [-0.3, -0.25) is 9.59 Å². The molecular formula is C30H43N3O7. The van der Waals surface area contributed by atoms with Crippen molar-refractivity contribution in [1.82, 2.24) is 15.5 Å². The highest BCUT2D eigenvalue weighted by atomic mass is 16.6. The van der Waals surface area contributed by atoms with Gasteiger partial charge in [-0.15, -0.1) is 0 Å². The Hall–Kier alpha value is -3.47. The minimum Gasteiger partial charge on any atom is -0.447 e. The van der Waals surface area contributed by atoms with Gasteiger partial charge < -0.3 is 34.9 Å². The van der Waals surface area contributed by atoms with Crippen LogP contribution in [0.4, 0.5) is 4.79 Å². The van der Waals surface area contributed by atoms with E-state index < -0.39 is 11.7 Å². The molecule has 0 saturated heterocycles. The Morgan fingerprint density at radius 2 is 1.43 bits per heavy atom. The van der Waals surface area contributed by atoms with Crippen LogP contribution in [0, 0.1) is 0 Å². The molecule has 40 heavy (non-hydrogen) atoms. The molecule has 0 fully saturated rings. The van der Waals surface area contributed by atoms with Crippen LogP contribution in [0.1, 0.15) is 55.1 Å². The molecule has 0 heterocycles. The topological polar surface area (TPSA) is 126 Å². The number of alkyl carbamates (subject to hydrolysis) is 1. The number of hydrogen-bond acceptors (Lipinski definition) is 7. The summed E-state index contributed by atoms with van der Waals surface area (Å²) < 4.78 is 16.0. The number of benzene rings is 2. The molecule has 2 aromatic rings. The van der Waals surface area contributed by atoms with Gasteiger partial charge in [-0.2, -0.15) is 0 Å². The first-order valence-corrected chi connectivity index (χ1v) is 13.7. The van der Waals surface area contributed by atoms with Crippen LogP contribution in [0.5, 0.6) is 0 Å². The van der Waals surface area contributed by atoms with Gasteiger partial charge in [0.15, 0.2) is 0 Å². The lowest BCUT2D eigenvalue weighted by atomic mass is 9.88. The number of ether oxygens (including phenoxy) is 3. The van der Waals surface area contributed by atoms with Gasteiger partial charge in [0.2, 0.25) is 5.91 Å². The second kappa shape index (κ2) is 18.0. The third kappa shape index (κ3) is 11.7. The Bertz CT molecular complexity index is 1030. The zero-order chi connectivity index (χ0) is 29.2. The van der Waals surface area contributed by atoms with E-state index in [1.165, 1.54) is 6.92 Å². The van der Waals surface area contributed by atoms with Crippen molar-refractivity contribution in [2.24, 2.45) is 0 Å². The summed E-state index contributed by atoms with van der Waals surface area (Å²) in [6.07, 6.45) is 0.779. The summed E-state index contributed by atoms with van der Waals surface area (Å²) >= 11 is 0. The van der Waals surface area contributed by atoms with E-state index in [2.05, 4.69) is 10.6 Å². The van der Waals surface area contributed by atoms with Gasteiger partial charge in [0.05, 0.1) is 13.2 Å². The predicted molar refractivity (Wildman–Crippen MR) is 152 cm³/mol. The second-order valence-corrected chi connectivity index (χ2v) is 9.36. The fourth-order valence-corrected chi connectivity index (χ4v) is 3.88. The molecule has 0 saturated carbocycles. The van der Waals surface area contributed by atoms with Crippen LogP contribution in [0.25, 0.3) is 0 Å². The van der Waals surface area contributed by atoms with Crippen LogP contribution in [-0.2, 0) is 24.6 Å². The number of rotatable bonds is 18. The molecule has 0 aliphatic heterocycles. The summed E-state index contributed by atoms with van der Waals surface area (Å²) in [6, 6.07) is 16.3. The lowest BCUT2D eigenvalue weighted by Gasteiger charge is -2.24. The molecule has 0 radical (unpaired) electrons. The maximum atomic E-state index is 12.4. The minimum absolute atomic E-state index is 0.00594. The van der Waals surface area contributed by atoms with Gasteiger partial charge in [0.25, 0.3) is 5.91 Å². The molecule has 3 N–H and O–H groups in total. The average molecular weight is 558 g/mol. The van der Waals surface area contributed by atoms with E-state index in [0.29, 0.717) is 70.0 Å². The lowest BCUT2D eigenvalue weighted by Crippen LogP contribution is -2.32. The molecule has 10 heteroatoms. The van der Waals surface area contributed by atoms with Crippen LogP contribution in [0.15, 0.2) is 54.6 Å². The Kier molecular flexibility index (Phi) is 14.7. The van der Waals surface area contributed by atoms with Crippen LogP contribution < -0.4 is 10.6 Å². The fourth-order valence-electron chi connectivity index (χ4n) is 3.88. The van der Waals surface area contributed by atoms with Gasteiger partial charge in [0.1, 0.15) is 12.2 Å². The second-order valence-electron chi connectivity index (χ2n) is 9.36. The summed E-state index contributed by atoms with van der Waals surface area (Å²) in [5, 5.41) is 16.5. The van der Waals surface area contributed by atoms with Gasteiger partial charge in [-0.1, -0.05) is 42.5 Å². The third-order valence-electron chi connectivity index (χ3n) is 6.32. The number of carbonyl (C=O) groups excluding carboxylic acids is 3. The molecular weight excluding hydrogens is 514 g/mol. The van der Waals surface area contributed by atoms with Crippen molar-refractivity contribution >= 4 is 17.9 Å². The molecule has 0 aliphatic carbocycles. The quantitative estimate of drug-likeness (QED) is 0.241. The van der Waals surface area contributed by atoms with Crippen molar-refractivity contribution in [1.29, 1.82) is 0 Å². The van der Waals surface area contributed by atoms with E-state index in [4.69, 9.17) is 14.2 Å². The molecule has 1 atom stereocenters. The predicted octanol–water partition coefficient (Wildman–Crippen LogP) is 3.08. The van der Waals surface area contributed by atoms with E-state index in [9.17, 15) is 19.5 Å². The summed E-state index contributed by atoms with van der Waals surface area (Å²) in [5.74, 6) is -0.176. The smallest absolute Gasteiger partial charge is 0.407 e. The van der Waals surface area contributed by atoms with Crippen LogP contribution in [-0.4, -0.2) is 87.1 Å². The molecule has 0 aromatic heterocycles. The summed E-state index contributed by atoms with van der Waals surface area (Å²) in [4.78, 5) is 37.1. The first-order valence-electron chi connectivity index (χ1n) is 13.7. The number of amides is 3. The Labute approximate surface area is 237 Å². The van der Waals surface area contributed by atoms with E-state index in [-0.39, 0.29) is 25.0 Å². The fraction of sp³-hybridized carbons (Fsp3) is 0.500. The highest BCUT2D eigenvalue weighted by molar-refractivity contribution is 5.94. The molecule has 0 spiro atoms. The standard InChI is InChI=1S/C30H43N3O7/c1-4-33(24(2)34)18-21-39-22-23-40-29(36)32-17-9-20-38-19-8-16-31-28(35)25-12-14-27(15-13-25)30(3,37)26-10-6-5-7-11-26/h5-7,10-15,37H,4,8-9,16-23H2,1-3H3,(H,31,35)(H,32,36). The van der Waals surface area contributed by atoms with Gasteiger partial charge in [-0.05, 0) is 49.9 Å². The van der Waals surface area contributed by atoms with E-state index >= 15 is 0 Å². The lowest BCUT2D eigenvalue weighted by molar-refractivity contribution is -0.129. The van der Waals surface area contributed by atoms with Crippen LogP contribution in [0.3, 0.4) is 0 Å². The van der Waals surface area contributed by atoms with Crippen molar-refractivity contribution in [2.45, 2.75) is 39.2 Å². The van der Waals surface area contributed by atoms with Crippen molar-refractivity contribution in [3.8, 4) is 0 Å². The monoisotopic (exact) mass is 557 g/mol. The Morgan fingerprint density at radius 1 is 0.825 bits per heavy atom. The minimum atomic E-state index is -1.15. The maximum absolute atomic E-state index is 12.4. The number of carbonyl (C=O) groups is 3. The summed E-state index contributed by atoms with van der Waals surface area (Å²) in [7, 11) is 0. The molecule has 0 aliphatic rings. The van der Waals surface area contributed by atoms with Crippen molar-refractivity contribution < 1.29 is 33.7 Å². The maximum Gasteiger partial charge on any atom is 0.407 e. The summed E-state index contributed by atoms with van der Waals surface area (Å²) in [6.45, 7) is 8.97. The number of aliphatic hydroxyl groups is 1. The van der Waals surface area contributed by atoms with Crippen LogP contribution >= 0.6 is 0 Å². The van der Waals surface area contributed by atoms with Gasteiger partial charge in [0, 0.05) is 51.9 Å². The molecule has 1 unspecified atom stereocenters. The number of nitrogens with one attached hydrogen (secondary N) is 2. The molecule has 3 amide bonds. The molecule has 2 aromatic carbocycles.